The van der Waals surface area contributed by atoms with Crippen LogP contribution in [-0.2, 0) is 13.0 Å². The summed E-state index contributed by atoms with van der Waals surface area (Å²) in [5.74, 6) is 2.75. The van der Waals surface area contributed by atoms with Crippen LogP contribution in [0.15, 0.2) is 42.5 Å². The Hall–Kier alpha value is -2.53. The summed E-state index contributed by atoms with van der Waals surface area (Å²) in [6.07, 6.45) is 0.771. The van der Waals surface area contributed by atoms with Crippen LogP contribution < -0.4 is 15.2 Å². The Kier molecular flexibility index (Phi) is 5.24. The van der Waals surface area contributed by atoms with E-state index in [9.17, 15) is 0 Å². The van der Waals surface area contributed by atoms with E-state index in [1.165, 1.54) is 0 Å². The molecule has 2 aromatic carbocycles. The van der Waals surface area contributed by atoms with Gasteiger partial charge in [-0.1, -0.05) is 18.2 Å². The second kappa shape index (κ2) is 7.57. The Balaban J connectivity index is 1.99. The molecule has 0 bridgehead atoms. The molecule has 0 saturated heterocycles. The molecule has 2 N–H and O–H groups in total. The molecule has 0 amide bonds. The molecule has 25 heavy (non-hydrogen) atoms. The van der Waals surface area contributed by atoms with E-state index in [2.05, 4.69) is 17.6 Å². The molecule has 5 heteroatoms. The van der Waals surface area contributed by atoms with Crippen molar-refractivity contribution in [2.45, 2.75) is 25.8 Å². The molecule has 1 heterocycles. The normalized spacial score (nSPS) is 12.3. The lowest BCUT2D eigenvalue weighted by Gasteiger charge is -2.18. The Bertz CT molecular complexity index is 857. The van der Waals surface area contributed by atoms with Gasteiger partial charge in [-0.05, 0) is 37.1 Å². The smallest absolute Gasteiger partial charge is 0.125 e. The van der Waals surface area contributed by atoms with Crippen molar-refractivity contribution in [3.63, 3.8) is 0 Å². The van der Waals surface area contributed by atoms with Gasteiger partial charge < -0.3 is 19.8 Å². The van der Waals surface area contributed by atoms with E-state index in [4.69, 9.17) is 20.2 Å². The number of fused-ring (bicyclic) bond motifs is 1. The van der Waals surface area contributed by atoms with Crippen LogP contribution in [0.2, 0.25) is 0 Å². The number of imidazole rings is 1. The van der Waals surface area contributed by atoms with Gasteiger partial charge in [0, 0.05) is 25.1 Å². The Morgan fingerprint density at radius 1 is 1.12 bits per heavy atom. The van der Waals surface area contributed by atoms with Gasteiger partial charge in [0.05, 0.1) is 25.3 Å². The molecule has 0 spiro atoms. The lowest BCUT2D eigenvalue weighted by molar-refractivity contribution is 0.389. The first kappa shape index (κ1) is 17.3. The zero-order valence-electron chi connectivity index (χ0n) is 15.0. The van der Waals surface area contributed by atoms with Crippen LogP contribution in [-0.4, -0.2) is 30.3 Å². The quantitative estimate of drug-likeness (QED) is 0.717. The number of para-hydroxylation sites is 2. The molecule has 3 aromatic rings. The maximum atomic E-state index is 6.13. The highest BCUT2D eigenvalue weighted by Gasteiger charge is 2.20. The number of aromatic nitrogens is 2. The minimum atomic E-state index is 0.120. The van der Waals surface area contributed by atoms with Gasteiger partial charge in [-0.2, -0.15) is 0 Å². The Morgan fingerprint density at radius 3 is 2.60 bits per heavy atom. The number of hydrogen-bond donors (Lipinski definition) is 1. The van der Waals surface area contributed by atoms with Gasteiger partial charge in [-0.3, -0.25) is 0 Å². The lowest BCUT2D eigenvalue weighted by Crippen LogP contribution is -2.19. The van der Waals surface area contributed by atoms with Crippen molar-refractivity contribution in [1.82, 2.24) is 9.55 Å². The fourth-order valence-electron chi connectivity index (χ4n) is 3.30. The summed E-state index contributed by atoms with van der Waals surface area (Å²) in [7, 11) is 3.33. The molecule has 1 aromatic heterocycles. The summed E-state index contributed by atoms with van der Waals surface area (Å²) in [5, 5.41) is 0. The van der Waals surface area contributed by atoms with E-state index in [1.54, 1.807) is 14.2 Å². The average molecular weight is 339 g/mol. The number of benzene rings is 2. The van der Waals surface area contributed by atoms with Crippen LogP contribution in [0.3, 0.4) is 0 Å². The summed E-state index contributed by atoms with van der Waals surface area (Å²) in [5.41, 5.74) is 9.40. The topological polar surface area (TPSA) is 62.3 Å². The molecule has 1 atom stereocenters. The minimum absolute atomic E-state index is 0.120. The van der Waals surface area contributed by atoms with Gasteiger partial charge in [0.15, 0.2) is 0 Å². The average Bonchev–Trinajstić information content (AvgIpc) is 3.04. The first-order chi connectivity index (χ1) is 12.2. The van der Waals surface area contributed by atoms with Crippen LogP contribution in [0.5, 0.6) is 11.5 Å². The number of nitrogens with zero attached hydrogens (tertiary/aromatic N) is 2. The van der Waals surface area contributed by atoms with Crippen molar-refractivity contribution in [3.05, 3.63) is 53.9 Å². The summed E-state index contributed by atoms with van der Waals surface area (Å²) in [6, 6.07) is 14.1. The van der Waals surface area contributed by atoms with Crippen molar-refractivity contribution >= 4 is 11.0 Å². The predicted octanol–water partition coefficient (Wildman–Crippen LogP) is 3.36. The van der Waals surface area contributed by atoms with Crippen molar-refractivity contribution < 1.29 is 9.47 Å². The number of ether oxygens (including phenoxy) is 2. The van der Waals surface area contributed by atoms with Crippen molar-refractivity contribution in [1.29, 1.82) is 0 Å². The van der Waals surface area contributed by atoms with E-state index < -0.39 is 0 Å². The second-order valence-electron chi connectivity index (χ2n) is 6.02. The van der Waals surface area contributed by atoms with E-state index in [0.29, 0.717) is 6.54 Å². The van der Waals surface area contributed by atoms with Crippen molar-refractivity contribution in [2.24, 2.45) is 5.73 Å². The number of rotatable bonds is 7. The van der Waals surface area contributed by atoms with Crippen LogP contribution in [0, 0.1) is 0 Å². The van der Waals surface area contributed by atoms with Gasteiger partial charge in [0.25, 0.3) is 0 Å². The van der Waals surface area contributed by atoms with E-state index >= 15 is 0 Å². The largest absolute Gasteiger partial charge is 0.497 e. The highest BCUT2D eigenvalue weighted by molar-refractivity contribution is 5.76. The molecular formula is C20H25N3O2. The van der Waals surface area contributed by atoms with Crippen LogP contribution in [0.4, 0.5) is 0 Å². The number of nitrogens with two attached hydrogens (primary N) is 1. The molecule has 5 nitrogen and oxygen atoms in total. The zero-order chi connectivity index (χ0) is 17.8. The molecule has 0 fully saturated rings. The first-order valence-electron chi connectivity index (χ1n) is 8.57. The zero-order valence-corrected chi connectivity index (χ0v) is 15.0. The van der Waals surface area contributed by atoms with E-state index in [0.717, 1.165) is 46.9 Å². The summed E-state index contributed by atoms with van der Waals surface area (Å²) < 4.78 is 13.1. The second-order valence-corrected chi connectivity index (χ2v) is 6.02. The van der Waals surface area contributed by atoms with Crippen molar-refractivity contribution in [3.8, 4) is 11.5 Å². The fraction of sp³-hybridized carbons (Fsp3) is 0.350. The van der Waals surface area contributed by atoms with Gasteiger partial charge in [0.2, 0.25) is 0 Å². The number of methoxy groups -OCH3 is 2. The molecule has 0 aliphatic heterocycles. The Labute approximate surface area is 148 Å². The molecule has 0 aliphatic carbocycles. The van der Waals surface area contributed by atoms with E-state index in [1.807, 2.05) is 36.4 Å². The third-order valence-electron chi connectivity index (χ3n) is 4.61. The lowest BCUT2D eigenvalue weighted by atomic mass is 9.97. The summed E-state index contributed by atoms with van der Waals surface area (Å²) >= 11 is 0. The van der Waals surface area contributed by atoms with Crippen LogP contribution in [0.1, 0.15) is 24.2 Å². The number of aryl methyl sites for hydroxylation is 1. The number of hydrogen-bond acceptors (Lipinski definition) is 4. The van der Waals surface area contributed by atoms with Gasteiger partial charge in [-0.15, -0.1) is 0 Å². The highest BCUT2D eigenvalue weighted by atomic mass is 16.5. The first-order valence-corrected chi connectivity index (χ1v) is 8.57. The minimum Gasteiger partial charge on any atom is -0.497 e. The van der Waals surface area contributed by atoms with Gasteiger partial charge >= 0.3 is 0 Å². The van der Waals surface area contributed by atoms with Crippen LogP contribution >= 0.6 is 0 Å². The maximum Gasteiger partial charge on any atom is 0.125 e. The fourth-order valence-corrected chi connectivity index (χ4v) is 3.30. The third kappa shape index (κ3) is 3.33. The standard InChI is InChI=1S/C20H25N3O2/c1-4-23-18-8-6-5-7-17(18)22-20(23)15(13-21)11-14-9-10-16(24-2)12-19(14)25-3/h5-10,12,15H,4,11,13,21H2,1-3H3. The summed E-state index contributed by atoms with van der Waals surface area (Å²) in [4.78, 5) is 4.86. The predicted molar refractivity (Wildman–Crippen MR) is 100 cm³/mol. The monoisotopic (exact) mass is 339 g/mol. The SMILES string of the molecule is CCn1c(C(CN)Cc2ccc(OC)cc2OC)nc2ccccc21. The molecule has 0 saturated carbocycles. The summed E-state index contributed by atoms with van der Waals surface area (Å²) in [6.45, 7) is 3.53. The molecule has 0 aliphatic rings. The van der Waals surface area contributed by atoms with Crippen molar-refractivity contribution in [2.75, 3.05) is 20.8 Å². The molecule has 3 rings (SSSR count). The van der Waals surface area contributed by atoms with Gasteiger partial charge in [0.1, 0.15) is 17.3 Å². The highest BCUT2D eigenvalue weighted by Crippen LogP contribution is 2.30. The molecule has 0 radical (unpaired) electrons. The molecule has 1 unspecified atom stereocenters. The van der Waals surface area contributed by atoms with E-state index in [-0.39, 0.29) is 5.92 Å². The molecular weight excluding hydrogens is 314 g/mol. The maximum absolute atomic E-state index is 6.13. The Morgan fingerprint density at radius 2 is 1.92 bits per heavy atom. The third-order valence-corrected chi connectivity index (χ3v) is 4.61. The van der Waals surface area contributed by atoms with Gasteiger partial charge in [-0.25, -0.2) is 4.98 Å². The van der Waals surface area contributed by atoms with Crippen LogP contribution in [0.25, 0.3) is 11.0 Å². The molecule has 132 valence electrons.